The minimum atomic E-state index is 0.00453. The molecule has 102 valence electrons. The van der Waals surface area contributed by atoms with Crippen LogP contribution in [0.4, 0.5) is 0 Å². The summed E-state index contributed by atoms with van der Waals surface area (Å²) < 4.78 is 0. The number of ketones is 1. The summed E-state index contributed by atoms with van der Waals surface area (Å²) in [6.45, 7) is 3.20. The van der Waals surface area contributed by atoms with E-state index >= 15 is 0 Å². The molecule has 1 heterocycles. The highest BCUT2D eigenvalue weighted by atomic mass is 35.5. The van der Waals surface area contributed by atoms with Crippen LogP contribution in [0.3, 0.4) is 0 Å². The molecule has 1 aliphatic rings. The lowest BCUT2D eigenvalue weighted by atomic mass is 9.91. The van der Waals surface area contributed by atoms with Crippen LogP contribution >= 0.6 is 11.6 Å². The van der Waals surface area contributed by atoms with Gasteiger partial charge >= 0.3 is 0 Å². The molecule has 0 atom stereocenters. The third-order valence-corrected chi connectivity index (χ3v) is 3.89. The van der Waals surface area contributed by atoms with E-state index in [1.807, 2.05) is 11.8 Å². The Morgan fingerprint density at radius 1 is 1.32 bits per heavy atom. The molecule has 0 radical (unpaired) electrons. The van der Waals surface area contributed by atoms with E-state index in [-0.39, 0.29) is 11.8 Å². The van der Waals surface area contributed by atoms with Crippen molar-refractivity contribution < 1.29 is 9.59 Å². The summed E-state index contributed by atoms with van der Waals surface area (Å²) in [6.07, 6.45) is 2.14. The predicted octanol–water partition coefficient (Wildman–Crippen LogP) is 3.17. The van der Waals surface area contributed by atoms with Crippen molar-refractivity contribution in [2.24, 2.45) is 5.92 Å². The van der Waals surface area contributed by atoms with Gasteiger partial charge in [-0.2, -0.15) is 0 Å². The number of piperidine rings is 1. The van der Waals surface area contributed by atoms with Gasteiger partial charge in [0.15, 0.2) is 0 Å². The van der Waals surface area contributed by atoms with E-state index in [2.05, 4.69) is 0 Å². The molecule has 2 rings (SSSR count). The van der Waals surface area contributed by atoms with Crippen LogP contribution in [-0.2, 0) is 4.79 Å². The van der Waals surface area contributed by atoms with E-state index in [0.29, 0.717) is 35.9 Å². The third-order valence-electron chi connectivity index (χ3n) is 3.66. The van der Waals surface area contributed by atoms with Gasteiger partial charge in [0, 0.05) is 36.0 Å². The van der Waals surface area contributed by atoms with Crippen LogP contribution < -0.4 is 0 Å². The first-order chi connectivity index (χ1) is 9.11. The van der Waals surface area contributed by atoms with Gasteiger partial charge in [0.25, 0.3) is 5.91 Å². The molecule has 1 aliphatic heterocycles. The predicted molar refractivity (Wildman–Crippen MR) is 75.4 cm³/mol. The van der Waals surface area contributed by atoms with E-state index in [0.717, 1.165) is 12.8 Å². The lowest BCUT2D eigenvalue weighted by Crippen LogP contribution is -2.40. The van der Waals surface area contributed by atoms with Crippen molar-refractivity contribution in [1.29, 1.82) is 0 Å². The Morgan fingerprint density at radius 2 is 2.00 bits per heavy atom. The van der Waals surface area contributed by atoms with E-state index in [1.165, 1.54) is 0 Å². The van der Waals surface area contributed by atoms with Crippen LogP contribution in [0.15, 0.2) is 24.3 Å². The van der Waals surface area contributed by atoms with E-state index in [9.17, 15) is 9.59 Å². The summed E-state index contributed by atoms with van der Waals surface area (Å²) in [5.74, 6) is 0.452. The van der Waals surface area contributed by atoms with Gasteiger partial charge in [-0.1, -0.05) is 24.6 Å². The largest absolute Gasteiger partial charge is 0.339 e. The normalized spacial score (nSPS) is 16.4. The zero-order valence-corrected chi connectivity index (χ0v) is 11.8. The number of nitrogens with zero attached hydrogens (tertiary/aromatic N) is 1. The van der Waals surface area contributed by atoms with Crippen molar-refractivity contribution >= 4 is 23.3 Å². The highest BCUT2D eigenvalue weighted by Gasteiger charge is 2.26. The highest BCUT2D eigenvalue weighted by Crippen LogP contribution is 2.21. The molecule has 1 fully saturated rings. The zero-order valence-electron chi connectivity index (χ0n) is 11.1. The molecule has 0 unspecified atom stereocenters. The van der Waals surface area contributed by atoms with E-state index in [4.69, 9.17) is 11.6 Å². The second-order valence-corrected chi connectivity index (χ2v) is 5.33. The van der Waals surface area contributed by atoms with Crippen molar-refractivity contribution in [3.63, 3.8) is 0 Å². The number of likely N-dealkylation sites (tertiary alicyclic amines) is 1. The average molecular weight is 280 g/mol. The molecule has 1 aromatic carbocycles. The molecule has 0 spiro atoms. The number of hydrogen-bond donors (Lipinski definition) is 0. The number of halogens is 1. The monoisotopic (exact) mass is 279 g/mol. The van der Waals surface area contributed by atoms with Crippen LogP contribution in [0, 0.1) is 5.92 Å². The van der Waals surface area contributed by atoms with Crippen molar-refractivity contribution in [2.75, 3.05) is 13.1 Å². The highest BCUT2D eigenvalue weighted by molar-refractivity contribution is 6.30. The van der Waals surface area contributed by atoms with Gasteiger partial charge in [-0.15, -0.1) is 0 Å². The lowest BCUT2D eigenvalue weighted by Gasteiger charge is -2.31. The maximum absolute atomic E-state index is 12.3. The fourth-order valence-corrected chi connectivity index (χ4v) is 2.69. The Kier molecular flexibility index (Phi) is 4.59. The Bertz CT molecular complexity index is 479. The number of carbonyl (C=O) groups is 2. The molecule has 0 bridgehead atoms. The molecule has 1 amide bonds. The fraction of sp³-hybridized carbons (Fsp3) is 0.467. The molecule has 0 aliphatic carbocycles. The second-order valence-electron chi connectivity index (χ2n) is 4.90. The minimum Gasteiger partial charge on any atom is -0.339 e. The maximum Gasteiger partial charge on any atom is 0.253 e. The van der Waals surface area contributed by atoms with Crippen LogP contribution in [0.25, 0.3) is 0 Å². The van der Waals surface area contributed by atoms with Crippen molar-refractivity contribution in [3.05, 3.63) is 34.9 Å². The molecular weight excluding hydrogens is 262 g/mol. The molecular formula is C15H18ClNO2. The molecule has 1 aromatic rings. The van der Waals surface area contributed by atoms with Gasteiger partial charge < -0.3 is 4.90 Å². The van der Waals surface area contributed by atoms with Gasteiger partial charge in [0.05, 0.1) is 0 Å². The molecule has 0 N–H and O–H groups in total. The van der Waals surface area contributed by atoms with Crippen LogP contribution in [0.5, 0.6) is 0 Å². The molecule has 0 aromatic heterocycles. The molecule has 19 heavy (non-hydrogen) atoms. The SMILES string of the molecule is CCC(=O)C1CCN(C(=O)c2cccc(Cl)c2)CC1. The average Bonchev–Trinajstić information content (AvgIpc) is 2.46. The van der Waals surface area contributed by atoms with Gasteiger partial charge in [-0.3, -0.25) is 9.59 Å². The lowest BCUT2D eigenvalue weighted by molar-refractivity contribution is -0.123. The quantitative estimate of drug-likeness (QED) is 0.852. The van der Waals surface area contributed by atoms with Gasteiger partial charge in [0.1, 0.15) is 5.78 Å². The molecule has 3 nitrogen and oxygen atoms in total. The number of benzene rings is 1. The summed E-state index contributed by atoms with van der Waals surface area (Å²) in [6, 6.07) is 7.00. The summed E-state index contributed by atoms with van der Waals surface area (Å²) in [4.78, 5) is 25.7. The molecule has 0 saturated carbocycles. The summed E-state index contributed by atoms with van der Waals surface area (Å²) >= 11 is 5.90. The van der Waals surface area contributed by atoms with Crippen molar-refractivity contribution in [1.82, 2.24) is 4.90 Å². The maximum atomic E-state index is 12.3. The van der Waals surface area contributed by atoms with Crippen molar-refractivity contribution in [2.45, 2.75) is 26.2 Å². The van der Waals surface area contributed by atoms with Gasteiger partial charge in [0.2, 0.25) is 0 Å². The zero-order chi connectivity index (χ0) is 13.8. The summed E-state index contributed by atoms with van der Waals surface area (Å²) in [5, 5.41) is 0.571. The first-order valence-corrected chi connectivity index (χ1v) is 7.07. The number of Topliss-reactive ketones (excluding diaryl/α,β-unsaturated/α-hetero) is 1. The first-order valence-electron chi connectivity index (χ1n) is 6.69. The van der Waals surface area contributed by atoms with Crippen LogP contribution in [-0.4, -0.2) is 29.7 Å². The van der Waals surface area contributed by atoms with Gasteiger partial charge in [-0.05, 0) is 31.0 Å². The van der Waals surface area contributed by atoms with Crippen molar-refractivity contribution in [3.8, 4) is 0 Å². The van der Waals surface area contributed by atoms with E-state index < -0.39 is 0 Å². The Balaban J connectivity index is 1.98. The molecule has 4 heteroatoms. The van der Waals surface area contributed by atoms with Crippen LogP contribution in [0.1, 0.15) is 36.5 Å². The summed E-state index contributed by atoms with van der Waals surface area (Å²) in [5.41, 5.74) is 0.618. The number of hydrogen-bond acceptors (Lipinski definition) is 2. The first kappa shape index (κ1) is 14.1. The minimum absolute atomic E-state index is 0.00453. The Labute approximate surface area is 118 Å². The van der Waals surface area contributed by atoms with Crippen LogP contribution in [0.2, 0.25) is 5.02 Å². The standard InChI is InChI=1S/C15H18ClNO2/c1-2-14(18)11-6-8-17(9-7-11)15(19)12-4-3-5-13(16)10-12/h3-5,10-11H,2,6-9H2,1H3. The van der Waals surface area contributed by atoms with E-state index in [1.54, 1.807) is 24.3 Å². The Hall–Kier alpha value is -1.35. The summed E-state index contributed by atoms with van der Waals surface area (Å²) in [7, 11) is 0. The molecule has 1 saturated heterocycles. The third kappa shape index (κ3) is 3.35. The fourth-order valence-electron chi connectivity index (χ4n) is 2.50. The van der Waals surface area contributed by atoms with Gasteiger partial charge in [-0.25, -0.2) is 0 Å². The number of rotatable bonds is 3. The number of amides is 1. The second kappa shape index (κ2) is 6.20. The number of carbonyl (C=O) groups excluding carboxylic acids is 2. The smallest absolute Gasteiger partial charge is 0.253 e. The Morgan fingerprint density at radius 3 is 2.58 bits per heavy atom. The topological polar surface area (TPSA) is 37.4 Å².